The first-order valence-corrected chi connectivity index (χ1v) is 16.4. The summed E-state index contributed by atoms with van der Waals surface area (Å²) in [5.74, 6) is -6.12. The number of nitrogens with zero attached hydrogens (tertiary/aromatic N) is 2. The first-order valence-electron chi connectivity index (χ1n) is 14.8. The quantitative estimate of drug-likeness (QED) is 0.0604. The van der Waals surface area contributed by atoms with E-state index in [0.29, 0.717) is 11.1 Å². The topological polar surface area (TPSA) is 292 Å². The lowest BCUT2D eigenvalue weighted by Gasteiger charge is -2.21. The second kappa shape index (κ2) is 20.5. The zero-order valence-electron chi connectivity index (χ0n) is 26.8. The molecule has 0 fully saturated rings. The van der Waals surface area contributed by atoms with Crippen LogP contribution in [0, 0.1) is 0 Å². The van der Waals surface area contributed by atoms with Gasteiger partial charge in [0, 0.05) is 37.3 Å². The average molecular weight is 726 g/mol. The van der Waals surface area contributed by atoms with Crippen molar-refractivity contribution in [2.24, 2.45) is 5.14 Å². The third-order valence-electron chi connectivity index (χ3n) is 6.44. The SMILES string of the molecule is NS(=O)(=O)c1ccc(C(=O)NCCOCCOCCNC(=O)c2cc(CN(CC(=O)O)CC(=O)O)cc(CN(CC(=O)O)CC(=O)O)c2)cc1. The van der Waals surface area contributed by atoms with Gasteiger partial charge in [-0.25, -0.2) is 13.6 Å². The Bertz CT molecular complexity index is 1530. The fourth-order valence-electron chi connectivity index (χ4n) is 4.49. The summed E-state index contributed by atoms with van der Waals surface area (Å²) in [6.07, 6.45) is 0. The summed E-state index contributed by atoms with van der Waals surface area (Å²) < 4.78 is 33.4. The molecule has 0 aromatic heterocycles. The highest BCUT2D eigenvalue weighted by Crippen LogP contribution is 2.16. The molecule has 19 nitrogen and oxygen atoms in total. The van der Waals surface area contributed by atoms with Crippen LogP contribution in [0.2, 0.25) is 0 Å². The smallest absolute Gasteiger partial charge is 0.317 e. The minimum atomic E-state index is -3.87. The Morgan fingerprint density at radius 2 is 0.980 bits per heavy atom. The van der Waals surface area contributed by atoms with E-state index in [4.69, 9.17) is 14.6 Å². The summed E-state index contributed by atoms with van der Waals surface area (Å²) in [5, 5.41) is 47.0. The number of sulfonamides is 1. The van der Waals surface area contributed by atoms with Crippen LogP contribution in [0.4, 0.5) is 0 Å². The van der Waals surface area contributed by atoms with Gasteiger partial charge in [0.05, 0.1) is 57.5 Å². The van der Waals surface area contributed by atoms with E-state index in [1.807, 2.05) is 0 Å². The van der Waals surface area contributed by atoms with Crippen LogP contribution in [0.25, 0.3) is 0 Å². The molecule has 0 bridgehead atoms. The van der Waals surface area contributed by atoms with Gasteiger partial charge >= 0.3 is 23.9 Å². The van der Waals surface area contributed by atoms with Gasteiger partial charge in [-0.15, -0.1) is 0 Å². The molecule has 20 heteroatoms. The Labute approximate surface area is 286 Å². The molecule has 0 spiro atoms. The zero-order chi connectivity index (χ0) is 37.3. The van der Waals surface area contributed by atoms with Crippen molar-refractivity contribution >= 4 is 45.7 Å². The predicted molar refractivity (Wildman–Crippen MR) is 172 cm³/mol. The molecule has 8 N–H and O–H groups in total. The fourth-order valence-corrected chi connectivity index (χ4v) is 5.00. The molecule has 2 aromatic carbocycles. The molecule has 50 heavy (non-hydrogen) atoms. The van der Waals surface area contributed by atoms with Gasteiger partial charge in [-0.1, -0.05) is 6.07 Å². The van der Waals surface area contributed by atoms with E-state index in [9.17, 15) is 57.6 Å². The maximum Gasteiger partial charge on any atom is 0.317 e. The standard InChI is InChI=1S/C30H39N5O14S/c31-50(46,47)24-3-1-22(2-4-24)29(44)32-5-7-48-9-10-49-8-6-33-30(45)23-12-20(14-34(16-25(36)37)17-26(38)39)11-21(13-23)15-35(18-27(40)41)19-28(42)43/h1-4,11-13H,5-10,14-19H2,(H,32,44)(H,33,45)(H,36,37)(H,38,39)(H,40,41)(H,42,43)(H2,31,46,47). The molecule has 0 unspecified atom stereocenters. The lowest BCUT2D eigenvalue weighted by molar-refractivity contribution is -0.144. The summed E-state index contributed by atoms with van der Waals surface area (Å²) in [7, 11) is -3.87. The van der Waals surface area contributed by atoms with Gasteiger partial charge in [-0.2, -0.15) is 0 Å². The number of nitrogens with one attached hydrogen (secondary N) is 2. The van der Waals surface area contributed by atoms with Gasteiger partial charge in [0.25, 0.3) is 11.8 Å². The third-order valence-corrected chi connectivity index (χ3v) is 7.37. The second-order valence-electron chi connectivity index (χ2n) is 10.7. The summed E-state index contributed by atoms with van der Waals surface area (Å²) in [6, 6.07) is 9.44. The number of carbonyl (C=O) groups excluding carboxylic acids is 2. The average Bonchev–Trinajstić information content (AvgIpc) is 2.99. The van der Waals surface area contributed by atoms with Crippen molar-refractivity contribution in [1.82, 2.24) is 20.4 Å². The minimum absolute atomic E-state index is 0.0625. The molecule has 0 aliphatic heterocycles. The van der Waals surface area contributed by atoms with E-state index in [-0.39, 0.29) is 68.6 Å². The molecule has 0 aliphatic rings. The van der Waals surface area contributed by atoms with Gasteiger partial charge in [-0.05, 0) is 47.5 Å². The molecule has 2 rings (SSSR count). The molecular weight excluding hydrogens is 686 g/mol. The van der Waals surface area contributed by atoms with Crippen molar-refractivity contribution in [2.75, 3.05) is 65.7 Å². The van der Waals surface area contributed by atoms with Crippen LogP contribution < -0.4 is 15.8 Å². The Balaban J connectivity index is 1.89. The summed E-state index contributed by atoms with van der Waals surface area (Å²) >= 11 is 0. The molecule has 0 aliphatic carbocycles. The Morgan fingerprint density at radius 3 is 1.34 bits per heavy atom. The normalized spacial score (nSPS) is 11.3. The van der Waals surface area contributed by atoms with Gasteiger partial charge in [-0.3, -0.25) is 38.6 Å². The molecule has 0 saturated carbocycles. The molecule has 2 amide bonds. The van der Waals surface area contributed by atoms with Crippen molar-refractivity contribution in [2.45, 2.75) is 18.0 Å². The van der Waals surface area contributed by atoms with Crippen LogP contribution in [0.3, 0.4) is 0 Å². The minimum Gasteiger partial charge on any atom is -0.480 e. The van der Waals surface area contributed by atoms with E-state index < -0.39 is 71.9 Å². The van der Waals surface area contributed by atoms with Gasteiger partial charge < -0.3 is 40.5 Å². The molecule has 0 saturated heterocycles. The second-order valence-corrected chi connectivity index (χ2v) is 12.3. The maximum atomic E-state index is 13.0. The number of carboxylic acid groups (broad SMARTS) is 4. The van der Waals surface area contributed by atoms with Gasteiger partial charge in [0.2, 0.25) is 10.0 Å². The summed E-state index contributed by atoms with van der Waals surface area (Å²) in [4.78, 5) is 72.3. The molecule has 274 valence electrons. The largest absolute Gasteiger partial charge is 0.480 e. The Hall–Kier alpha value is -4.99. The lowest BCUT2D eigenvalue weighted by atomic mass is 10.0. The molecule has 0 atom stereocenters. The number of ether oxygens (including phenoxy) is 2. The van der Waals surface area contributed by atoms with Crippen molar-refractivity contribution in [3.05, 3.63) is 64.7 Å². The van der Waals surface area contributed by atoms with Crippen molar-refractivity contribution in [1.29, 1.82) is 0 Å². The van der Waals surface area contributed by atoms with Crippen molar-refractivity contribution in [3.63, 3.8) is 0 Å². The van der Waals surface area contributed by atoms with E-state index in [0.717, 1.165) is 9.80 Å². The maximum absolute atomic E-state index is 13.0. The number of rotatable bonds is 24. The van der Waals surface area contributed by atoms with Crippen molar-refractivity contribution in [3.8, 4) is 0 Å². The first kappa shape index (κ1) is 41.2. The van der Waals surface area contributed by atoms with Crippen molar-refractivity contribution < 1.29 is 67.1 Å². The van der Waals surface area contributed by atoms with E-state index in [1.165, 1.54) is 42.5 Å². The highest BCUT2D eigenvalue weighted by molar-refractivity contribution is 7.89. The monoisotopic (exact) mass is 725 g/mol. The lowest BCUT2D eigenvalue weighted by Crippen LogP contribution is -2.35. The molecule has 0 radical (unpaired) electrons. The Morgan fingerprint density at radius 1 is 0.600 bits per heavy atom. The molecule has 2 aromatic rings. The number of benzene rings is 2. The van der Waals surface area contributed by atoms with E-state index in [2.05, 4.69) is 10.6 Å². The first-order chi connectivity index (χ1) is 23.5. The Kier molecular flexibility index (Phi) is 16.9. The number of carboxylic acids is 4. The number of carbonyl (C=O) groups is 6. The fraction of sp³-hybridized carbons (Fsp3) is 0.400. The predicted octanol–water partition coefficient (Wildman–Crippen LogP) is -1.53. The molecule has 0 heterocycles. The number of primary sulfonamides is 1. The third kappa shape index (κ3) is 16.4. The number of hydrogen-bond acceptors (Lipinski definition) is 12. The van der Waals surface area contributed by atoms with E-state index >= 15 is 0 Å². The number of aliphatic carboxylic acids is 4. The highest BCUT2D eigenvalue weighted by atomic mass is 32.2. The summed E-state index contributed by atoms with van der Waals surface area (Å²) in [5.41, 5.74) is 0.998. The number of nitrogens with two attached hydrogens (primary N) is 1. The molecular formula is C30H39N5O14S. The van der Waals surface area contributed by atoms with E-state index in [1.54, 1.807) is 0 Å². The highest BCUT2D eigenvalue weighted by Gasteiger charge is 2.19. The van der Waals surface area contributed by atoms with Crippen LogP contribution in [0.5, 0.6) is 0 Å². The van der Waals surface area contributed by atoms with Crippen LogP contribution in [0.15, 0.2) is 47.4 Å². The number of amides is 2. The van der Waals surface area contributed by atoms with Gasteiger partial charge in [0.1, 0.15) is 0 Å². The summed E-state index contributed by atoms with van der Waals surface area (Å²) in [6.45, 7) is -2.03. The van der Waals surface area contributed by atoms with Crippen LogP contribution in [-0.4, -0.2) is 140 Å². The van der Waals surface area contributed by atoms with Crippen LogP contribution >= 0.6 is 0 Å². The zero-order valence-corrected chi connectivity index (χ0v) is 27.6. The number of hydrogen-bond donors (Lipinski definition) is 7. The van der Waals surface area contributed by atoms with Crippen LogP contribution in [0.1, 0.15) is 31.8 Å². The van der Waals surface area contributed by atoms with Crippen LogP contribution in [-0.2, 0) is 51.8 Å². The van der Waals surface area contributed by atoms with Gasteiger partial charge in [0.15, 0.2) is 0 Å².